The van der Waals surface area contributed by atoms with E-state index in [-0.39, 0.29) is 0 Å². The monoisotopic (exact) mass is 278 g/mol. The van der Waals surface area contributed by atoms with E-state index in [0.717, 1.165) is 44.7 Å². The lowest BCUT2D eigenvalue weighted by atomic mass is 10.0. The molecule has 0 aromatic heterocycles. The van der Waals surface area contributed by atoms with Crippen molar-refractivity contribution in [1.29, 1.82) is 0 Å². The van der Waals surface area contributed by atoms with E-state index in [0.29, 0.717) is 12.6 Å². The van der Waals surface area contributed by atoms with E-state index in [1.165, 1.54) is 11.3 Å². The quantitative estimate of drug-likeness (QED) is 0.811. The van der Waals surface area contributed by atoms with Crippen molar-refractivity contribution in [2.75, 3.05) is 38.3 Å². The minimum atomic E-state index is 0.370. The van der Waals surface area contributed by atoms with Gasteiger partial charge in [-0.2, -0.15) is 0 Å². The molecule has 0 aliphatic carbocycles. The second-order valence-electron chi connectivity index (χ2n) is 5.47. The molecule has 2 rings (SSSR count). The highest BCUT2D eigenvalue weighted by Crippen LogP contribution is 2.27. The summed E-state index contributed by atoms with van der Waals surface area (Å²) in [6.07, 6.45) is 3.07. The van der Waals surface area contributed by atoms with Crippen LogP contribution < -0.4 is 15.4 Å². The van der Waals surface area contributed by atoms with Gasteiger partial charge in [0.1, 0.15) is 5.75 Å². The minimum Gasteiger partial charge on any atom is -0.493 e. The van der Waals surface area contributed by atoms with Crippen LogP contribution in [0.2, 0.25) is 0 Å². The van der Waals surface area contributed by atoms with Crippen molar-refractivity contribution in [1.82, 2.24) is 0 Å². The number of nitrogens with two attached hydrogens (primary N) is 1. The van der Waals surface area contributed by atoms with Gasteiger partial charge in [-0.1, -0.05) is 0 Å². The predicted octanol–water partition coefficient (Wildman–Crippen LogP) is 2.34. The SMILES string of the molecule is COCCCOc1ccc(N2CCC(N)CC2)c(C)c1. The molecule has 4 nitrogen and oxygen atoms in total. The summed E-state index contributed by atoms with van der Waals surface area (Å²) < 4.78 is 10.7. The lowest BCUT2D eigenvalue weighted by Gasteiger charge is -2.33. The Hall–Kier alpha value is -1.26. The number of methoxy groups -OCH3 is 1. The molecule has 0 radical (unpaired) electrons. The normalized spacial score (nSPS) is 16.4. The van der Waals surface area contributed by atoms with Gasteiger partial charge in [-0.15, -0.1) is 0 Å². The molecule has 20 heavy (non-hydrogen) atoms. The Morgan fingerprint density at radius 1 is 1.25 bits per heavy atom. The number of aryl methyl sites for hydroxylation is 1. The zero-order chi connectivity index (χ0) is 14.4. The summed E-state index contributed by atoms with van der Waals surface area (Å²) in [5.74, 6) is 0.941. The zero-order valence-corrected chi connectivity index (χ0v) is 12.6. The Morgan fingerprint density at radius 3 is 2.65 bits per heavy atom. The molecular formula is C16H26N2O2. The van der Waals surface area contributed by atoms with Crippen LogP contribution in [0.3, 0.4) is 0 Å². The first kappa shape index (κ1) is 15.1. The van der Waals surface area contributed by atoms with Gasteiger partial charge in [0.25, 0.3) is 0 Å². The summed E-state index contributed by atoms with van der Waals surface area (Å²) in [4.78, 5) is 2.42. The zero-order valence-electron chi connectivity index (χ0n) is 12.6. The largest absolute Gasteiger partial charge is 0.493 e. The number of benzene rings is 1. The molecule has 1 saturated heterocycles. The Balaban J connectivity index is 1.92. The van der Waals surface area contributed by atoms with Crippen LogP contribution >= 0.6 is 0 Å². The van der Waals surface area contributed by atoms with Gasteiger partial charge in [0, 0.05) is 45.0 Å². The molecule has 0 unspecified atom stereocenters. The van der Waals surface area contributed by atoms with Crippen molar-refractivity contribution in [3.63, 3.8) is 0 Å². The minimum absolute atomic E-state index is 0.370. The predicted molar refractivity (Wildman–Crippen MR) is 82.6 cm³/mol. The molecule has 0 atom stereocenters. The molecule has 1 heterocycles. The molecule has 112 valence electrons. The standard InChI is InChI=1S/C16H26N2O2/c1-13-12-15(20-11-3-10-19-2)4-5-16(13)18-8-6-14(17)7-9-18/h4-5,12,14H,3,6-11,17H2,1-2H3. The van der Waals surface area contributed by atoms with Crippen LogP contribution in [0.25, 0.3) is 0 Å². The second kappa shape index (κ2) is 7.50. The lowest BCUT2D eigenvalue weighted by Crippen LogP contribution is -2.39. The van der Waals surface area contributed by atoms with Crippen molar-refractivity contribution in [3.8, 4) is 5.75 Å². The van der Waals surface area contributed by atoms with E-state index >= 15 is 0 Å². The number of ether oxygens (including phenoxy) is 2. The number of hydrogen-bond acceptors (Lipinski definition) is 4. The van der Waals surface area contributed by atoms with Crippen molar-refractivity contribution >= 4 is 5.69 Å². The molecule has 4 heteroatoms. The van der Waals surface area contributed by atoms with E-state index in [1.807, 2.05) is 0 Å². The van der Waals surface area contributed by atoms with E-state index in [9.17, 15) is 0 Å². The van der Waals surface area contributed by atoms with Gasteiger partial charge < -0.3 is 20.1 Å². The maximum absolute atomic E-state index is 5.96. The third-order valence-corrected chi connectivity index (χ3v) is 3.81. The van der Waals surface area contributed by atoms with Crippen LogP contribution in [0, 0.1) is 6.92 Å². The summed E-state index contributed by atoms with van der Waals surface area (Å²) >= 11 is 0. The molecule has 0 amide bonds. The van der Waals surface area contributed by atoms with Gasteiger partial charge in [-0.25, -0.2) is 0 Å². The third-order valence-electron chi connectivity index (χ3n) is 3.81. The van der Waals surface area contributed by atoms with Crippen LogP contribution in [-0.4, -0.2) is 39.5 Å². The first-order valence-electron chi connectivity index (χ1n) is 7.43. The number of rotatable bonds is 6. The van der Waals surface area contributed by atoms with Crippen molar-refractivity contribution in [2.45, 2.75) is 32.2 Å². The van der Waals surface area contributed by atoms with Crippen molar-refractivity contribution in [2.24, 2.45) is 5.73 Å². The number of hydrogen-bond donors (Lipinski definition) is 1. The van der Waals surface area contributed by atoms with Gasteiger partial charge in [-0.05, 0) is 43.5 Å². The maximum Gasteiger partial charge on any atom is 0.119 e. The third kappa shape index (κ3) is 4.12. The maximum atomic E-state index is 5.96. The molecule has 1 fully saturated rings. The fourth-order valence-electron chi connectivity index (χ4n) is 2.61. The highest BCUT2D eigenvalue weighted by molar-refractivity contribution is 5.56. The average molecular weight is 278 g/mol. The van der Waals surface area contributed by atoms with Crippen LogP contribution in [0.1, 0.15) is 24.8 Å². The molecular weight excluding hydrogens is 252 g/mol. The molecule has 2 N–H and O–H groups in total. The molecule has 0 bridgehead atoms. The first-order chi connectivity index (χ1) is 9.70. The molecule has 1 aliphatic rings. The van der Waals surface area contributed by atoms with E-state index < -0.39 is 0 Å². The Morgan fingerprint density at radius 2 is 2.00 bits per heavy atom. The fourth-order valence-corrected chi connectivity index (χ4v) is 2.61. The Bertz CT molecular complexity index is 415. The molecule has 1 aromatic rings. The summed E-state index contributed by atoms with van der Waals surface area (Å²) in [6.45, 7) is 5.69. The number of nitrogens with zero attached hydrogens (tertiary/aromatic N) is 1. The van der Waals surface area contributed by atoms with E-state index in [4.69, 9.17) is 15.2 Å². The number of anilines is 1. The summed E-state index contributed by atoms with van der Waals surface area (Å²) in [5, 5.41) is 0. The second-order valence-corrected chi connectivity index (χ2v) is 5.47. The topological polar surface area (TPSA) is 47.7 Å². The Kier molecular flexibility index (Phi) is 5.68. The van der Waals surface area contributed by atoms with Crippen LogP contribution in [0.15, 0.2) is 18.2 Å². The highest BCUT2D eigenvalue weighted by Gasteiger charge is 2.17. The van der Waals surface area contributed by atoms with Gasteiger partial charge in [-0.3, -0.25) is 0 Å². The van der Waals surface area contributed by atoms with Gasteiger partial charge in [0.05, 0.1) is 6.61 Å². The van der Waals surface area contributed by atoms with Crippen molar-refractivity contribution in [3.05, 3.63) is 23.8 Å². The van der Waals surface area contributed by atoms with Gasteiger partial charge in [0.15, 0.2) is 0 Å². The molecule has 1 aromatic carbocycles. The summed E-state index contributed by atoms with van der Waals surface area (Å²) in [7, 11) is 1.71. The lowest BCUT2D eigenvalue weighted by molar-refractivity contribution is 0.172. The Labute approximate surface area is 121 Å². The van der Waals surface area contributed by atoms with Gasteiger partial charge >= 0.3 is 0 Å². The molecule has 1 aliphatic heterocycles. The van der Waals surface area contributed by atoms with Crippen LogP contribution in [0.5, 0.6) is 5.75 Å². The highest BCUT2D eigenvalue weighted by atomic mass is 16.5. The molecule has 0 spiro atoms. The van der Waals surface area contributed by atoms with Crippen LogP contribution in [0.4, 0.5) is 5.69 Å². The fraction of sp³-hybridized carbons (Fsp3) is 0.625. The smallest absolute Gasteiger partial charge is 0.119 e. The van der Waals surface area contributed by atoms with Crippen molar-refractivity contribution < 1.29 is 9.47 Å². The average Bonchev–Trinajstić information content (AvgIpc) is 2.45. The molecule has 0 saturated carbocycles. The van der Waals surface area contributed by atoms with E-state index in [2.05, 4.69) is 30.0 Å². The van der Waals surface area contributed by atoms with E-state index in [1.54, 1.807) is 7.11 Å². The van der Waals surface area contributed by atoms with Gasteiger partial charge in [0.2, 0.25) is 0 Å². The first-order valence-corrected chi connectivity index (χ1v) is 7.43. The number of piperidine rings is 1. The summed E-state index contributed by atoms with van der Waals surface area (Å²) in [6, 6.07) is 6.72. The van der Waals surface area contributed by atoms with Crippen LogP contribution in [-0.2, 0) is 4.74 Å². The summed E-state index contributed by atoms with van der Waals surface area (Å²) in [5.41, 5.74) is 8.53.